The zero-order valence-electron chi connectivity index (χ0n) is 18.5. The molecule has 2 unspecified atom stereocenters. The molecule has 0 spiro atoms. The molecule has 3 aromatic carbocycles. The predicted octanol–water partition coefficient (Wildman–Crippen LogP) is 5.31. The van der Waals surface area contributed by atoms with Gasteiger partial charge in [0.2, 0.25) is 11.8 Å². The molecule has 170 valence electrons. The van der Waals surface area contributed by atoms with Crippen LogP contribution in [0, 0.1) is 5.92 Å². The zero-order valence-corrected chi connectivity index (χ0v) is 20.0. The first-order valence-electron chi connectivity index (χ1n) is 10.7. The van der Waals surface area contributed by atoms with Crippen molar-refractivity contribution in [3.05, 3.63) is 88.9 Å². The van der Waals surface area contributed by atoms with Crippen molar-refractivity contribution in [2.75, 3.05) is 12.0 Å². The monoisotopic (exact) mass is 480 g/mol. The molecule has 2 amide bonds. The van der Waals surface area contributed by atoms with E-state index in [0.29, 0.717) is 23.9 Å². The Hall–Kier alpha value is -2.96. The van der Waals surface area contributed by atoms with E-state index in [0.717, 1.165) is 21.7 Å². The second-order valence-corrected chi connectivity index (χ2v) is 9.43. The number of ether oxygens (including phenoxy) is 1. The van der Waals surface area contributed by atoms with Crippen LogP contribution in [0.1, 0.15) is 18.1 Å². The number of nitrogens with one attached hydrogen (secondary N) is 1. The Labute approximate surface area is 203 Å². The van der Waals surface area contributed by atoms with Crippen molar-refractivity contribution in [3.63, 3.8) is 0 Å². The molecule has 2 atom stereocenters. The largest absolute Gasteiger partial charge is 0.496 e. The summed E-state index contributed by atoms with van der Waals surface area (Å²) in [5.74, 6) is -0.0879. The van der Waals surface area contributed by atoms with Crippen LogP contribution in [0.4, 0.5) is 5.69 Å². The van der Waals surface area contributed by atoms with E-state index in [1.165, 1.54) is 11.8 Å². The molecule has 3 aromatic rings. The minimum atomic E-state index is -0.542. The van der Waals surface area contributed by atoms with Crippen molar-refractivity contribution in [1.82, 2.24) is 5.32 Å². The quantitative estimate of drug-likeness (QED) is 0.498. The maximum Gasteiger partial charge on any atom is 0.241 e. The molecule has 0 saturated heterocycles. The van der Waals surface area contributed by atoms with Crippen molar-refractivity contribution in [2.45, 2.75) is 30.2 Å². The molecular formula is C26H25ClN2O3S. The minimum Gasteiger partial charge on any atom is -0.496 e. The molecule has 5 nitrogen and oxygen atoms in total. The van der Waals surface area contributed by atoms with Crippen LogP contribution in [0.2, 0.25) is 5.02 Å². The Morgan fingerprint density at radius 1 is 1.06 bits per heavy atom. The van der Waals surface area contributed by atoms with Crippen LogP contribution in [0.3, 0.4) is 0 Å². The van der Waals surface area contributed by atoms with E-state index in [2.05, 4.69) is 5.32 Å². The summed E-state index contributed by atoms with van der Waals surface area (Å²) < 4.78 is 5.36. The molecule has 4 rings (SSSR count). The summed E-state index contributed by atoms with van der Waals surface area (Å²) in [7, 11) is 1.60. The summed E-state index contributed by atoms with van der Waals surface area (Å²) in [6.45, 7) is 2.48. The number of rotatable bonds is 7. The molecule has 33 heavy (non-hydrogen) atoms. The van der Waals surface area contributed by atoms with Crippen molar-refractivity contribution in [2.24, 2.45) is 5.92 Å². The first-order valence-corrected chi connectivity index (χ1v) is 12.0. The van der Waals surface area contributed by atoms with Crippen molar-refractivity contribution in [1.29, 1.82) is 0 Å². The highest BCUT2D eigenvalue weighted by atomic mass is 35.5. The van der Waals surface area contributed by atoms with Crippen molar-refractivity contribution in [3.8, 4) is 5.75 Å². The highest BCUT2D eigenvalue weighted by Gasteiger charge is 2.39. The number of para-hydroxylation sites is 2. The fourth-order valence-electron chi connectivity index (χ4n) is 3.85. The number of thioether (sulfide) groups is 1. The smallest absolute Gasteiger partial charge is 0.241 e. The molecule has 0 aromatic heterocycles. The first-order chi connectivity index (χ1) is 16.0. The van der Waals surface area contributed by atoms with Crippen LogP contribution in [0.5, 0.6) is 5.75 Å². The van der Waals surface area contributed by atoms with Gasteiger partial charge in [-0.3, -0.25) is 9.59 Å². The lowest BCUT2D eigenvalue weighted by Crippen LogP contribution is -2.47. The third kappa shape index (κ3) is 5.02. The van der Waals surface area contributed by atoms with Gasteiger partial charge in [-0.05, 0) is 29.8 Å². The second-order valence-electron chi connectivity index (χ2n) is 7.84. The summed E-state index contributed by atoms with van der Waals surface area (Å²) >= 11 is 7.81. The molecule has 1 N–H and O–H groups in total. The molecule has 1 heterocycles. The number of hydrogen-bond donors (Lipinski definition) is 1. The average Bonchev–Trinajstić information content (AvgIpc) is 2.85. The van der Waals surface area contributed by atoms with Gasteiger partial charge in [0.1, 0.15) is 11.0 Å². The van der Waals surface area contributed by atoms with Crippen LogP contribution in [-0.4, -0.2) is 24.2 Å². The number of methoxy groups -OCH3 is 1. The van der Waals surface area contributed by atoms with Gasteiger partial charge in [0.25, 0.3) is 0 Å². The fourth-order valence-corrected chi connectivity index (χ4v) is 5.33. The zero-order chi connectivity index (χ0) is 23.4. The summed E-state index contributed by atoms with van der Waals surface area (Å²) in [6, 6.07) is 22.8. The summed E-state index contributed by atoms with van der Waals surface area (Å²) in [6.07, 6.45) is 0. The molecule has 1 aliphatic rings. The molecule has 1 aliphatic heterocycles. The third-order valence-corrected chi connectivity index (χ3v) is 7.55. The number of nitrogens with zero attached hydrogens (tertiary/aromatic N) is 1. The number of anilines is 1. The molecule has 0 radical (unpaired) electrons. The number of amides is 2. The summed E-state index contributed by atoms with van der Waals surface area (Å²) in [4.78, 5) is 29.3. The number of halogens is 1. The Kier molecular flexibility index (Phi) is 7.26. The standard InChI is InChI=1S/C26H25ClN2O3S/c1-17(25(30)28-15-18-9-4-7-13-22(18)32-2)24-26(31)29(16-19-10-3-5-11-20(19)27)21-12-6-8-14-23(21)33-24/h3-14,17,24H,15-16H2,1-2H3,(H,28,30). The van der Waals surface area contributed by atoms with E-state index in [1.54, 1.807) is 18.9 Å². The number of hydrogen-bond acceptors (Lipinski definition) is 4. The van der Waals surface area contributed by atoms with Gasteiger partial charge in [-0.1, -0.05) is 67.1 Å². The van der Waals surface area contributed by atoms with Crippen LogP contribution >= 0.6 is 23.4 Å². The molecule has 0 fully saturated rings. The van der Waals surface area contributed by atoms with E-state index < -0.39 is 11.2 Å². The normalized spacial score (nSPS) is 16.2. The Morgan fingerprint density at radius 2 is 1.73 bits per heavy atom. The van der Waals surface area contributed by atoms with E-state index in [1.807, 2.05) is 72.8 Å². The lowest BCUT2D eigenvalue weighted by molar-refractivity contribution is -0.128. The lowest BCUT2D eigenvalue weighted by Gasteiger charge is -2.36. The van der Waals surface area contributed by atoms with Crippen LogP contribution in [0.15, 0.2) is 77.7 Å². The van der Waals surface area contributed by atoms with Crippen molar-refractivity contribution >= 4 is 40.9 Å². The molecule has 7 heteroatoms. The SMILES string of the molecule is COc1ccccc1CNC(=O)C(C)C1Sc2ccccc2N(Cc2ccccc2Cl)C1=O. The van der Waals surface area contributed by atoms with Crippen LogP contribution < -0.4 is 15.0 Å². The van der Waals surface area contributed by atoms with Gasteiger partial charge in [-0.2, -0.15) is 0 Å². The Balaban J connectivity index is 1.54. The van der Waals surface area contributed by atoms with Gasteiger partial charge < -0.3 is 15.0 Å². The molecule has 0 bridgehead atoms. The van der Waals surface area contributed by atoms with Gasteiger partial charge in [0.15, 0.2) is 0 Å². The third-order valence-electron chi connectivity index (χ3n) is 5.72. The second kappa shape index (κ2) is 10.3. The lowest BCUT2D eigenvalue weighted by atomic mass is 10.0. The van der Waals surface area contributed by atoms with Gasteiger partial charge in [0.05, 0.1) is 25.3 Å². The summed E-state index contributed by atoms with van der Waals surface area (Å²) in [5, 5.41) is 3.03. The van der Waals surface area contributed by atoms with Gasteiger partial charge in [-0.25, -0.2) is 0 Å². The average molecular weight is 481 g/mol. The highest BCUT2D eigenvalue weighted by molar-refractivity contribution is 8.01. The minimum absolute atomic E-state index is 0.0986. The Morgan fingerprint density at radius 3 is 2.48 bits per heavy atom. The van der Waals surface area contributed by atoms with E-state index >= 15 is 0 Å². The molecule has 0 aliphatic carbocycles. The van der Waals surface area contributed by atoms with Crippen LogP contribution in [0.25, 0.3) is 0 Å². The number of fused-ring (bicyclic) bond motifs is 1. The van der Waals surface area contributed by atoms with Gasteiger partial charge >= 0.3 is 0 Å². The fraction of sp³-hybridized carbons (Fsp3) is 0.231. The number of carbonyl (C=O) groups excluding carboxylic acids is 2. The highest BCUT2D eigenvalue weighted by Crippen LogP contribution is 2.42. The van der Waals surface area contributed by atoms with E-state index in [-0.39, 0.29) is 11.8 Å². The van der Waals surface area contributed by atoms with E-state index in [9.17, 15) is 9.59 Å². The van der Waals surface area contributed by atoms with Crippen LogP contribution in [-0.2, 0) is 22.7 Å². The molecule has 0 saturated carbocycles. The van der Waals surface area contributed by atoms with Gasteiger partial charge in [0, 0.05) is 22.0 Å². The first kappa shape index (κ1) is 23.2. The Bertz CT molecular complexity index is 1170. The summed E-state index contributed by atoms with van der Waals surface area (Å²) in [5.41, 5.74) is 2.58. The maximum atomic E-state index is 13.6. The number of carbonyl (C=O) groups is 2. The topological polar surface area (TPSA) is 58.6 Å². The van der Waals surface area contributed by atoms with Crippen molar-refractivity contribution < 1.29 is 14.3 Å². The maximum absolute atomic E-state index is 13.6. The number of benzene rings is 3. The molecular weight excluding hydrogens is 456 g/mol. The van der Waals surface area contributed by atoms with E-state index in [4.69, 9.17) is 16.3 Å². The predicted molar refractivity (Wildman–Crippen MR) is 133 cm³/mol. The van der Waals surface area contributed by atoms with Gasteiger partial charge in [-0.15, -0.1) is 11.8 Å².